The monoisotopic (exact) mass is 847 g/mol. The summed E-state index contributed by atoms with van der Waals surface area (Å²) in [4.78, 5) is 71.9. The molecule has 0 bridgehead atoms. The molecular formula is C46H60BN8O7. The number of hydrogen-bond donors (Lipinski definition) is 4. The first-order chi connectivity index (χ1) is 29.6. The van der Waals surface area contributed by atoms with Crippen LogP contribution in [0.25, 0.3) is 33.6 Å². The van der Waals surface area contributed by atoms with Crippen molar-refractivity contribution in [2.45, 2.75) is 116 Å². The number of likely N-dealkylation sites (tertiary alicyclic amines) is 2. The Labute approximate surface area is 364 Å². The van der Waals surface area contributed by atoms with Gasteiger partial charge in [0.1, 0.15) is 35.1 Å². The van der Waals surface area contributed by atoms with Crippen LogP contribution in [0.15, 0.2) is 48.8 Å². The van der Waals surface area contributed by atoms with Crippen LogP contribution in [-0.2, 0) is 19.1 Å². The summed E-state index contributed by atoms with van der Waals surface area (Å²) in [5.74, 6) is 1.80. The van der Waals surface area contributed by atoms with E-state index in [9.17, 15) is 19.2 Å². The van der Waals surface area contributed by atoms with Crippen molar-refractivity contribution in [1.29, 1.82) is 0 Å². The van der Waals surface area contributed by atoms with Gasteiger partial charge < -0.3 is 44.6 Å². The lowest BCUT2D eigenvalue weighted by atomic mass is 9.56. The molecular weight excluding hydrogens is 787 g/mol. The molecule has 3 aliphatic rings. The van der Waals surface area contributed by atoms with E-state index in [2.05, 4.69) is 85.1 Å². The van der Waals surface area contributed by atoms with E-state index in [1.54, 1.807) is 0 Å². The number of fused-ring (bicyclic) bond motifs is 3. The normalized spacial score (nSPS) is 20.5. The molecule has 1 radical (unpaired) electrons. The fourth-order valence-electron chi connectivity index (χ4n) is 9.28. The van der Waals surface area contributed by atoms with Crippen molar-refractivity contribution in [2.24, 2.45) is 11.8 Å². The summed E-state index contributed by atoms with van der Waals surface area (Å²) < 4.78 is 16.5. The van der Waals surface area contributed by atoms with Crippen LogP contribution in [0.3, 0.4) is 0 Å². The number of ether oxygens (including phenoxy) is 3. The molecule has 5 atom stereocenters. The van der Waals surface area contributed by atoms with Gasteiger partial charge in [-0.05, 0) is 75.0 Å². The summed E-state index contributed by atoms with van der Waals surface area (Å²) in [6.07, 6.45) is 6.33. The number of nitrogens with one attached hydrogen (secondary N) is 4. The van der Waals surface area contributed by atoms with Gasteiger partial charge in [0.2, 0.25) is 11.8 Å². The molecule has 0 spiro atoms. The lowest BCUT2D eigenvalue weighted by Crippen LogP contribution is -2.51. The molecule has 329 valence electrons. The Morgan fingerprint density at radius 1 is 0.774 bits per heavy atom. The van der Waals surface area contributed by atoms with E-state index in [4.69, 9.17) is 24.2 Å². The molecule has 3 aliphatic heterocycles. The van der Waals surface area contributed by atoms with Gasteiger partial charge in [0.25, 0.3) is 0 Å². The van der Waals surface area contributed by atoms with Gasteiger partial charge in [0.15, 0.2) is 7.28 Å². The third-order valence-corrected chi connectivity index (χ3v) is 12.3. The SMILES string of the molecule is COC(=O)NC(C(=O)N1CCC[C@H]1c1ncc(-c2ccc3c(c2)[B]C(C)CC(C)(C)Oc2cc(-c4cnc([C@@H]5CCCN5C(=O)C(NC(=O)OC)C(C)C)[nH]4)ccc2-3)[nH]1)C(C)C. The summed E-state index contributed by atoms with van der Waals surface area (Å²) in [6, 6.07) is 10.7. The number of rotatable bonds is 10. The van der Waals surface area contributed by atoms with Crippen molar-refractivity contribution < 1.29 is 33.4 Å². The number of carbonyl (C=O) groups excluding carboxylic acids is 4. The third kappa shape index (κ3) is 9.34. The highest BCUT2D eigenvalue weighted by atomic mass is 16.5. The molecule has 3 unspecified atom stereocenters. The average Bonchev–Trinajstić information content (AvgIpc) is 4.07. The van der Waals surface area contributed by atoms with Gasteiger partial charge in [0, 0.05) is 24.2 Å². The minimum atomic E-state index is -0.714. The van der Waals surface area contributed by atoms with Crippen LogP contribution in [0.4, 0.5) is 9.59 Å². The highest BCUT2D eigenvalue weighted by Crippen LogP contribution is 2.41. The van der Waals surface area contributed by atoms with Gasteiger partial charge >= 0.3 is 12.2 Å². The number of aromatic amines is 2. The standard InChI is InChI=1S/C46H60BN8O7/c1-25(2)38(52-44(58)60-8)42(56)54-18-10-12-35(54)40-48-23-33(50-40)28-14-16-30-31-17-15-29(21-37(31)62-46(6,7)22-27(5)47-32(30)20-28)34-24-49-41(51-34)36-13-11-19-55(36)43(57)39(26(3)4)53-45(59)61-9/h14-17,20-21,23-27,35-36,38-39H,10-13,18-19,22H2,1-9H3,(H,48,50)(H,49,51)(H,52,58)(H,53,59)/t27?,35-,36-,38?,39?/m0/s1. The molecule has 2 saturated heterocycles. The Bertz CT molecular complexity index is 2290. The van der Waals surface area contributed by atoms with Gasteiger partial charge in [-0.3, -0.25) is 9.59 Å². The van der Waals surface area contributed by atoms with Crippen LogP contribution in [0.5, 0.6) is 5.75 Å². The van der Waals surface area contributed by atoms with E-state index in [1.807, 2.05) is 49.9 Å². The lowest BCUT2D eigenvalue weighted by Gasteiger charge is -2.30. The number of H-pyrrole nitrogens is 2. The smallest absolute Gasteiger partial charge is 0.407 e. The van der Waals surface area contributed by atoms with Crippen LogP contribution in [-0.4, -0.2) is 106 Å². The summed E-state index contributed by atoms with van der Waals surface area (Å²) >= 11 is 0. The van der Waals surface area contributed by atoms with Crippen molar-refractivity contribution in [3.05, 3.63) is 60.4 Å². The molecule has 4 N–H and O–H groups in total. The summed E-state index contributed by atoms with van der Waals surface area (Å²) in [6.45, 7) is 15.2. The van der Waals surface area contributed by atoms with E-state index in [0.717, 1.165) is 77.0 Å². The van der Waals surface area contributed by atoms with Gasteiger partial charge in [0.05, 0.1) is 50.1 Å². The Morgan fingerprint density at radius 3 is 1.74 bits per heavy atom. The van der Waals surface area contributed by atoms with Crippen LogP contribution in [0.2, 0.25) is 5.82 Å². The molecule has 16 heteroatoms. The summed E-state index contributed by atoms with van der Waals surface area (Å²) in [5, 5.41) is 5.44. The van der Waals surface area contributed by atoms with Crippen molar-refractivity contribution >= 4 is 36.7 Å². The number of aromatic nitrogens is 4. The molecule has 2 aromatic carbocycles. The maximum atomic E-state index is 13.8. The molecule has 5 heterocycles. The zero-order valence-corrected chi connectivity index (χ0v) is 37.3. The van der Waals surface area contributed by atoms with Crippen molar-refractivity contribution in [1.82, 2.24) is 40.4 Å². The number of methoxy groups -OCH3 is 2. The molecule has 0 saturated carbocycles. The second kappa shape index (κ2) is 18.3. The topological polar surface area (TPSA) is 184 Å². The van der Waals surface area contributed by atoms with Crippen molar-refractivity contribution in [3.8, 4) is 39.4 Å². The molecule has 2 aromatic heterocycles. The zero-order chi connectivity index (χ0) is 44.5. The fourth-order valence-corrected chi connectivity index (χ4v) is 9.28. The Hall–Kier alpha value is -5.80. The molecule has 4 amide bonds. The number of alkyl carbamates (subject to hydrolysis) is 2. The number of amides is 4. The molecule has 7 rings (SSSR count). The zero-order valence-electron chi connectivity index (χ0n) is 37.3. The first-order valence-corrected chi connectivity index (χ1v) is 21.8. The summed E-state index contributed by atoms with van der Waals surface area (Å²) in [7, 11) is 4.89. The molecule has 0 aliphatic carbocycles. The minimum absolute atomic E-state index is 0.123. The van der Waals surface area contributed by atoms with Gasteiger partial charge in [-0.25, -0.2) is 19.6 Å². The van der Waals surface area contributed by atoms with Gasteiger partial charge in [-0.2, -0.15) is 0 Å². The number of carbonyl (C=O) groups is 4. The minimum Gasteiger partial charge on any atom is -0.487 e. The molecule has 62 heavy (non-hydrogen) atoms. The van der Waals surface area contributed by atoms with E-state index in [0.29, 0.717) is 24.7 Å². The van der Waals surface area contributed by atoms with Gasteiger partial charge in [-0.15, -0.1) is 0 Å². The molecule has 15 nitrogen and oxygen atoms in total. The van der Waals surface area contributed by atoms with Crippen LogP contribution >= 0.6 is 0 Å². The molecule has 2 fully saturated rings. The predicted octanol–water partition coefficient (Wildman–Crippen LogP) is 6.92. The maximum absolute atomic E-state index is 13.8. The summed E-state index contributed by atoms with van der Waals surface area (Å²) in [5.41, 5.74) is 6.12. The Kier molecular flexibility index (Phi) is 13.0. The second-order valence-electron chi connectivity index (χ2n) is 18.2. The van der Waals surface area contributed by atoms with E-state index >= 15 is 0 Å². The van der Waals surface area contributed by atoms with Crippen molar-refractivity contribution in [2.75, 3.05) is 27.3 Å². The van der Waals surface area contributed by atoms with Gasteiger partial charge in [-0.1, -0.05) is 76.2 Å². The largest absolute Gasteiger partial charge is 0.487 e. The van der Waals surface area contributed by atoms with Crippen molar-refractivity contribution in [3.63, 3.8) is 0 Å². The Balaban J connectivity index is 1.15. The van der Waals surface area contributed by atoms with E-state index < -0.39 is 29.9 Å². The predicted molar refractivity (Wildman–Crippen MR) is 237 cm³/mol. The quantitative estimate of drug-likeness (QED) is 0.123. The lowest BCUT2D eigenvalue weighted by molar-refractivity contribution is -0.136. The van der Waals surface area contributed by atoms with E-state index in [-0.39, 0.29) is 41.6 Å². The number of nitrogens with zero attached hydrogens (tertiary/aromatic N) is 4. The first-order valence-electron chi connectivity index (χ1n) is 21.8. The Morgan fingerprint density at radius 2 is 1.26 bits per heavy atom. The molecule has 4 aromatic rings. The number of hydrogen-bond acceptors (Lipinski definition) is 9. The van der Waals surface area contributed by atoms with E-state index in [1.165, 1.54) is 14.2 Å². The van der Waals surface area contributed by atoms with Crippen LogP contribution in [0.1, 0.15) is 104 Å². The van der Waals surface area contributed by atoms with Crippen LogP contribution in [0, 0.1) is 11.8 Å². The fraction of sp³-hybridized carbons (Fsp3) is 0.522. The highest BCUT2D eigenvalue weighted by molar-refractivity contribution is 6.57. The number of imidazole rings is 2. The second-order valence-corrected chi connectivity index (χ2v) is 18.2. The highest BCUT2D eigenvalue weighted by Gasteiger charge is 2.39. The third-order valence-electron chi connectivity index (χ3n) is 12.3. The maximum Gasteiger partial charge on any atom is 0.407 e. The van der Waals surface area contributed by atoms with Crippen LogP contribution < -0.4 is 20.8 Å². The first kappa shape index (κ1) is 44.3. The number of benzene rings is 2. The average molecular weight is 848 g/mol.